The molecule has 0 aromatic heterocycles. The summed E-state index contributed by atoms with van der Waals surface area (Å²) in [6, 6.07) is 4.58. The van der Waals surface area contributed by atoms with E-state index in [2.05, 4.69) is 0 Å². The van der Waals surface area contributed by atoms with Crippen LogP contribution in [0, 0.1) is 0 Å². The molecule has 2 aliphatic heterocycles. The fourth-order valence-electron chi connectivity index (χ4n) is 3.33. The van der Waals surface area contributed by atoms with Crippen molar-refractivity contribution in [3.63, 3.8) is 0 Å². The van der Waals surface area contributed by atoms with Gasteiger partial charge in [-0.3, -0.25) is 24.5 Å². The molecule has 6 nitrogen and oxygen atoms in total. The van der Waals surface area contributed by atoms with Crippen LogP contribution in [-0.2, 0) is 33.2 Å². The first-order valence-electron chi connectivity index (χ1n) is 12.4. The zero-order valence-electron chi connectivity index (χ0n) is 22.2. The first-order chi connectivity index (χ1) is 17.4. The molecule has 0 spiro atoms. The Kier molecular flexibility index (Phi) is 4.12. The number of aryl methyl sites for hydroxylation is 1. The van der Waals surface area contributed by atoms with Crippen molar-refractivity contribution in [1.82, 2.24) is 10.2 Å². The van der Waals surface area contributed by atoms with Gasteiger partial charge in [0.15, 0.2) is 0 Å². The molecule has 0 aliphatic carbocycles. The second-order valence-corrected chi connectivity index (χ2v) is 7.51. The van der Waals surface area contributed by atoms with Gasteiger partial charge in [-0.2, -0.15) is 8.78 Å². The lowest BCUT2D eigenvalue weighted by Crippen LogP contribution is -2.52. The fourth-order valence-corrected chi connectivity index (χ4v) is 3.46. The summed E-state index contributed by atoms with van der Waals surface area (Å²) in [4.78, 5) is 50.3. The second-order valence-electron chi connectivity index (χ2n) is 7.08. The minimum atomic E-state index is -4.01. The maximum absolute atomic E-state index is 14.7. The lowest BCUT2D eigenvalue weighted by molar-refractivity contribution is -0.144. The van der Waals surface area contributed by atoms with Crippen molar-refractivity contribution in [3.05, 3.63) is 69.7 Å². The summed E-state index contributed by atoms with van der Waals surface area (Å²) in [5.41, 5.74) is -0.974. The number of ketones is 1. The zero-order chi connectivity index (χ0) is 28.4. The third-order valence-electron chi connectivity index (χ3n) is 4.98. The summed E-state index contributed by atoms with van der Waals surface area (Å²) >= 11 is 5.69. The highest BCUT2D eigenvalue weighted by Crippen LogP contribution is 2.32. The van der Waals surface area contributed by atoms with Gasteiger partial charge < -0.3 is 4.90 Å². The molecule has 9 heteroatoms. The van der Waals surface area contributed by atoms with Gasteiger partial charge in [0.25, 0.3) is 5.91 Å². The number of benzene rings is 2. The number of Topliss-reactive ketones (excluding diaryl/α,β-unsaturated/α-hetero) is 1. The van der Waals surface area contributed by atoms with Crippen LogP contribution in [0.3, 0.4) is 0 Å². The summed E-state index contributed by atoms with van der Waals surface area (Å²) in [5.74, 6) is -9.40. The molecule has 32 heavy (non-hydrogen) atoms. The highest BCUT2D eigenvalue weighted by molar-refractivity contribution is 6.30. The average Bonchev–Trinajstić information content (AvgIpc) is 3.18. The number of nitrogens with one attached hydrogen (secondary N) is 1. The van der Waals surface area contributed by atoms with Crippen LogP contribution in [0.1, 0.15) is 54.5 Å². The van der Waals surface area contributed by atoms with E-state index < -0.39 is 73.1 Å². The van der Waals surface area contributed by atoms with Crippen LogP contribution < -0.4 is 5.32 Å². The van der Waals surface area contributed by atoms with E-state index in [0.717, 1.165) is 30.3 Å². The van der Waals surface area contributed by atoms with Gasteiger partial charge in [0.2, 0.25) is 17.6 Å². The zero-order valence-corrected chi connectivity index (χ0v) is 17.0. The van der Waals surface area contributed by atoms with Gasteiger partial charge in [0, 0.05) is 42.4 Å². The molecule has 2 aromatic carbocycles. The largest absolute Gasteiger partial charge is 0.330 e. The predicted octanol–water partition coefficient (Wildman–Crippen LogP) is 3.39. The normalized spacial score (nSPS) is 27.9. The van der Waals surface area contributed by atoms with Crippen LogP contribution in [0.15, 0.2) is 42.5 Å². The lowest BCUT2D eigenvalue weighted by atomic mass is 9.97. The van der Waals surface area contributed by atoms with Crippen molar-refractivity contribution >= 4 is 35.1 Å². The summed E-state index contributed by atoms with van der Waals surface area (Å²) in [6.45, 7) is -0.565. The van der Waals surface area contributed by atoms with E-state index in [4.69, 9.17) is 19.8 Å². The third-order valence-corrected chi connectivity index (χ3v) is 5.23. The first kappa shape index (κ1) is 15.6. The topological polar surface area (TPSA) is 83.6 Å². The molecule has 0 saturated carbocycles. The molecule has 2 aromatic rings. The van der Waals surface area contributed by atoms with E-state index in [0.29, 0.717) is 4.90 Å². The molecule has 2 aliphatic rings. The quantitative estimate of drug-likeness (QED) is 0.661. The van der Waals surface area contributed by atoms with Gasteiger partial charge in [-0.1, -0.05) is 35.9 Å². The van der Waals surface area contributed by atoms with Crippen LogP contribution in [0.4, 0.5) is 8.78 Å². The highest BCUT2D eigenvalue weighted by atomic mass is 35.5. The van der Waals surface area contributed by atoms with Crippen LogP contribution in [0.25, 0.3) is 0 Å². The Hall–Kier alpha value is -3.13. The second kappa shape index (κ2) is 8.43. The Morgan fingerprint density at radius 3 is 2.69 bits per heavy atom. The fraction of sp³-hybridized carbons (Fsp3) is 0.304. The van der Waals surface area contributed by atoms with Gasteiger partial charge in [0.1, 0.15) is 6.02 Å². The number of nitrogens with zero attached hydrogens (tertiary/aromatic N) is 1. The van der Waals surface area contributed by atoms with Gasteiger partial charge in [-0.15, -0.1) is 0 Å². The van der Waals surface area contributed by atoms with E-state index >= 15 is 0 Å². The number of hydrogen-bond acceptors (Lipinski definition) is 4. The predicted molar refractivity (Wildman–Crippen MR) is 111 cm³/mol. The van der Waals surface area contributed by atoms with E-state index in [1.165, 1.54) is 12.1 Å². The molecule has 4 rings (SSSR count). The minimum absolute atomic E-state index is 0.0435. The first-order valence-corrected chi connectivity index (χ1v) is 9.72. The third kappa shape index (κ3) is 4.14. The highest BCUT2D eigenvalue weighted by Gasteiger charge is 2.41. The van der Waals surface area contributed by atoms with E-state index in [9.17, 15) is 28.0 Å². The summed E-state index contributed by atoms with van der Waals surface area (Å²) in [5, 5.41) is 1.90. The van der Waals surface area contributed by atoms with Crippen molar-refractivity contribution in [2.45, 2.75) is 44.0 Å². The number of carbonyl (C=O) groups is 4. The number of piperidine rings is 1. The number of carbonyl (C=O) groups excluding carboxylic acids is 4. The summed E-state index contributed by atoms with van der Waals surface area (Å²) in [7, 11) is 0. The van der Waals surface area contributed by atoms with Crippen LogP contribution in [0.2, 0.25) is 5.02 Å². The summed E-state index contributed by atoms with van der Waals surface area (Å²) in [6.07, 6.45) is -9.13. The average molecular weight is 467 g/mol. The Bertz CT molecular complexity index is 1370. The maximum Gasteiger partial charge on any atom is 0.330 e. The Morgan fingerprint density at radius 2 is 1.97 bits per heavy atom. The van der Waals surface area contributed by atoms with Crippen molar-refractivity contribution in [2.24, 2.45) is 0 Å². The molecule has 3 amide bonds. The van der Waals surface area contributed by atoms with Crippen molar-refractivity contribution in [3.8, 4) is 0 Å². The minimum Gasteiger partial charge on any atom is -0.322 e. The molecule has 0 radical (unpaired) electrons. The molecule has 1 saturated heterocycles. The van der Waals surface area contributed by atoms with Crippen LogP contribution >= 0.6 is 11.6 Å². The van der Waals surface area contributed by atoms with E-state index in [1.807, 2.05) is 0 Å². The molecule has 0 bridgehead atoms. The molecule has 166 valence electrons. The molecular weight excluding hydrogens is 442 g/mol. The number of hydrogen-bond donors (Lipinski definition) is 1. The van der Waals surface area contributed by atoms with Gasteiger partial charge in [-0.25, -0.2) is 0 Å². The Morgan fingerprint density at radius 1 is 1.25 bits per heavy atom. The Labute approximate surface area is 196 Å². The number of alkyl halides is 2. The van der Waals surface area contributed by atoms with Crippen LogP contribution in [0.5, 0.6) is 0 Å². The molecular formula is C23H19ClF2N2O4. The number of rotatable bonds is 6. The molecule has 2 heterocycles. The standard InChI is InChI=1S/C23H19ClF2N2O4/c24-16-5-3-15(4-6-16)23(25,26)19(29)9-2-13-1-7-17-14(11-13)12-28(22(17)32)18-8-10-20(30)27-21(18)31/h1,3-7,11,18H,2,8-10,12H2,(H,27,30,31)/t18-/m1/s1/i2D2,8D2,10D,18D/t10?,18-. The SMILES string of the molecule is [2H]C1C(=O)NC(=O)[C@]([2H])(N2Cc3cc(C([2H])([2H])CC(=O)C(F)(F)c4ccc(Cl)cc4)ccc3C2=O)C1([2H])[2H]. The maximum atomic E-state index is 14.7. The van der Waals surface area contributed by atoms with Gasteiger partial charge in [-0.05, 0) is 42.1 Å². The number of amides is 3. The van der Waals surface area contributed by atoms with E-state index in [-0.39, 0.29) is 21.7 Å². The van der Waals surface area contributed by atoms with E-state index in [1.54, 1.807) is 5.32 Å². The van der Waals surface area contributed by atoms with Gasteiger partial charge in [0.05, 0.1) is 1.37 Å². The lowest BCUT2D eigenvalue weighted by Gasteiger charge is -2.29. The number of halogens is 3. The molecule has 2 atom stereocenters. The molecule has 1 unspecified atom stereocenters. The summed E-state index contributed by atoms with van der Waals surface area (Å²) < 4.78 is 78.5. The molecule has 1 fully saturated rings. The van der Waals surface area contributed by atoms with Crippen LogP contribution in [-0.4, -0.2) is 34.4 Å². The van der Waals surface area contributed by atoms with Crippen molar-refractivity contribution in [1.29, 1.82) is 0 Å². The monoisotopic (exact) mass is 466 g/mol. The number of fused-ring (bicyclic) bond motifs is 1. The number of imide groups is 1. The van der Waals surface area contributed by atoms with Crippen molar-refractivity contribution in [2.75, 3.05) is 0 Å². The van der Waals surface area contributed by atoms with Crippen molar-refractivity contribution < 1.29 is 36.2 Å². The van der Waals surface area contributed by atoms with Gasteiger partial charge >= 0.3 is 5.92 Å². The smallest absolute Gasteiger partial charge is 0.322 e. The Balaban J connectivity index is 1.61. The molecule has 1 N–H and O–H groups in total.